The Balaban J connectivity index is 1.82. The number of hydrogen-bond donors (Lipinski definition) is 2. The minimum Gasteiger partial charge on any atom is -0.508 e. The summed E-state index contributed by atoms with van der Waals surface area (Å²) in [5.74, 6) is 1.68. The Labute approximate surface area is 151 Å². The van der Waals surface area contributed by atoms with Gasteiger partial charge < -0.3 is 10.4 Å². The highest BCUT2D eigenvalue weighted by Gasteiger charge is 2.34. The minimum absolute atomic E-state index is 0.0468. The summed E-state index contributed by atoms with van der Waals surface area (Å²) in [5, 5.41) is 12.9. The maximum atomic E-state index is 11.2. The van der Waals surface area contributed by atoms with Crippen molar-refractivity contribution >= 4 is 6.41 Å². The molecule has 2 atom stereocenters. The van der Waals surface area contributed by atoms with Crippen LogP contribution in [0.15, 0.2) is 18.2 Å². The smallest absolute Gasteiger partial charge is 0.208 e. The van der Waals surface area contributed by atoms with E-state index < -0.39 is 0 Å². The van der Waals surface area contributed by atoms with Crippen LogP contribution in [-0.2, 0) is 17.8 Å². The molecule has 0 bridgehead atoms. The highest BCUT2D eigenvalue weighted by atomic mass is 16.3. The molecule has 0 unspecified atom stereocenters. The van der Waals surface area contributed by atoms with Gasteiger partial charge >= 0.3 is 0 Å². The molecule has 2 aliphatic rings. The zero-order chi connectivity index (χ0) is 17.8. The van der Waals surface area contributed by atoms with Crippen molar-refractivity contribution < 1.29 is 9.90 Å². The average molecular weight is 344 g/mol. The summed E-state index contributed by atoms with van der Waals surface area (Å²) >= 11 is 0. The van der Waals surface area contributed by atoms with E-state index in [1.165, 1.54) is 49.7 Å². The molecule has 0 aromatic heterocycles. The lowest BCUT2D eigenvalue weighted by atomic mass is 9.81. The van der Waals surface area contributed by atoms with Gasteiger partial charge in [-0.3, -0.25) is 9.69 Å². The maximum absolute atomic E-state index is 11.2. The van der Waals surface area contributed by atoms with Crippen LogP contribution in [0.4, 0.5) is 0 Å². The fourth-order valence-electron chi connectivity index (χ4n) is 4.73. The molecule has 1 fully saturated rings. The van der Waals surface area contributed by atoms with Crippen LogP contribution in [0, 0.1) is 11.8 Å². The SMILES string of the molecule is CC(C)[C@@H](CC1CCCCC1)N1Cc2cc(O)ccc2C[C@@H]1NC=O. The molecule has 0 saturated heterocycles. The van der Waals surface area contributed by atoms with Gasteiger partial charge in [-0.1, -0.05) is 52.0 Å². The third kappa shape index (κ3) is 4.35. The minimum atomic E-state index is 0.0468. The molecule has 4 heteroatoms. The Morgan fingerprint density at radius 3 is 2.68 bits per heavy atom. The van der Waals surface area contributed by atoms with Crippen molar-refractivity contribution in [2.24, 2.45) is 11.8 Å². The predicted molar refractivity (Wildman–Crippen MR) is 100 cm³/mol. The molecule has 1 amide bonds. The molecule has 25 heavy (non-hydrogen) atoms. The van der Waals surface area contributed by atoms with Crippen LogP contribution in [0.3, 0.4) is 0 Å². The van der Waals surface area contributed by atoms with E-state index in [0.717, 1.165) is 25.3 Å². The summed E-state index contributed by atoms with van der Waals surface area (Å²) in [6, 6.07) is 6.08. The maximum Gasteiger partial charge on any atom is 0.208 e. The van der Waals surface area contributed by atoms with Crippen molar-refractivity contribution in [3.63, 3.8) is 0 Å². The number of benzene rings is 1. The third-order valence-electron chi connectivity index (χ3n) is 6.11. The van der Waals surface area contributed by atoms with Gasteiger partial charge in [0.05, 0.1) is 6.17 Å². The van der Waals surface area contributed by atoms with Crippen LogP contribution in [-0.4, -0.2) is 28.6 Å². The molecule has 1 saturated carbocycles. The number of carbonyl (C=O) groups excluding carboxylic acids is 1. The Morgan fingerprint density at radius 1 is 1.24 bits per heavy atom. The van der Waals surface area contributed by atoms with Gasteiger partial charge in [0.2, 0.25) is 6.41 Å². The van der Waals surface area contributed by atoms with Crippen LogP contribution in [0.5, 0.6) is 5.75 Å². The molecule has 1 aromatic rings. The predicted octanol–water partition coefficient (Wildman–Crippen LogP) is 3.82. The van der Waals surface area contributed by atoms with Crippen LogP contribution in [0.1, 0.15) is 63.5 Å². The molecule has 1 aromatic carbocycles. The molecule has 3 rings (SSSR count). The highest BCUT2D eigenvalue weighted by Crippen LogP contribution is 2.34. The van der Waals surface area contributed by atoms with Crippen molar-refractivity contribution in [3.05, 3.63) is 29.3 Å². The van der Waals surface area contributed by atoms with Gasteiger partial charge in [0.25, 0.3) is 0 Å². The lowest BCUT2D eigenvalue weighted by Gasteiger charge is -2.44. The zero-order valence-corrected chi connectivity index (χ0v) is 15.6. The number of rotatable bonds is 6. The van der Waals surface area contributed by atoms with Crippen molar-refractivity contribution in [2.45, 2.75) is 77.5 Å². The van der Waals surface area contributed by atoms with E-state index in [1.54, 1.807) is 6.07 Å². The molecule has 1 aliphatic heterocycles. The summed E-state index contributed by atoms with van der Waals surface area (Å²) in [6.45, 7) is 5.39. The molecule has 138 valence electrons. The van der Waals surface area contributed by atoms with E-state index in [0.29, 0.717) is 17.7 Å². The molecule has 4 nitrogen and oxygen atoms in total. The molecule has 2 N–H and O–H groups in total. The molecular weight excluding hydrogens is 312 g/mol. The van der Waals surface area contributed by atoms with Gasteiger partial charge in [0, 0.05) is 19.0 Å². The number of fused-ring (bicyclic) bond motifs is 1. The second-order valence-electron chi connectivity index (χ2n) is 8.18. The lowest BCUT2D eigenvalue weighted by Crippen LogP contribution is -2.55. The number of aromatic hydroxyl groups is 1. The molecule has 1 heterocycles. The topological polar surface area (TPSA) is 52.6 Å². The standard InChI is InChI=1S/C21H32N2O2/c1-15(2)20(10-16-6-4-3-5-7-16)23-13-18-11-19(25)9-8-17(18)12-21(23)22-14-24/h8-9,11,14-16,20-21,25H,3-7,10,12-13H2,1-2H3,(H,22,24)/t20-,21-/m1/s1. The number of phenols is 1. The van der Waals surface area contributed by atoms with Gasteiger partial charge in [-0.05, 0) is 41.5 Å². The number of nitrogens with zero attached hydrogens (tertiary/aromatic N) is 1. The van der Waals surface area contributed by atoms with Crippen LogP contribution in [0.2, 0.25) is 0 Å². The average Bonchev–Trinajstić information content (AvgIpc) is 2.60. The number of hydrogen-bond acceptors (Lipinski definition) is 3. The van der Waals surface area contributed by atoms with Crippen molar-refractivity contribution in [2.75, 3.05) is 0 Å². The quantitative estimate of drug-likeness (QED) is 0.772. The van der Waals surface area contributed by atoms with E-state index in [1.807, 2.05) is 12.1 Å². The fraction of sp³-hybridized carbons (Fsp3) is 0.667. The summed E-state index contributed by atoms with van der Waals surface area (Å²) in [5.41, 5.74) is 2.42. The summed E-state index contributed by atoms with van der Waals surface area (Å²) in [4.78, 5) is 13.7. The van der Waals surface area contributed by atoms with Gasteiger partial charge in [0.15, 0.2) is 0 Å². The first-order valence-corrected chi connectivity index (χ1v) is 9.84. The molecule has 1 aliphatic carbocycles. The van der Waals surface area contributed by atoms with Crippen molar-refractivity contribution in [1.82, 2.24) is 10.2 Å². The van der Waals surface area contributed by atoms with Crippen LogP contribution in [0.25, 0.3) is 0 Å². The van der Waals surface area contributed by atoms with E-state index in [4.69, 9.17) is 0 Å². The lowest BCUT2D eigenvalue weighted by molar-refractivity contribution is -0.112. The van der Waals surface area contributed by atoms with Crippen LogP contribution < -0.4 is 5.32 Å². The fourth-order valence-corrected chi connectivity index (χ4v) is 4.73. The molecule has 0 radical (unpaired) electrons. The molecular formula is C21H32N2O2. The Kier molecular flexibility index (Phi) is 6.00. The van der Waals surface area contributed by atoms with E-state index in [9.17, 15) is 9.90 Å². The van der Waals surface area contributed by atoms with E-state index >= 15 is 0 Å². The third-order valence-corrected chi connectivity index (χ3v) is 6.11. The van der Waals surface area contributed by atoms with Crippen molar-refractivity contribution in [3.8, 4) is 5.75 Å². The van der Waals surface area contributed by atoms with E-state index in [2.05, 4.69) is 24.1 Å². The zero-order valence-electron chi connectivity index (χ0n) is 15.6. The number of amides is 1. The van der Waals surface area contributed by atoms with Crippen molar-refractivity contribution in [1.29, 1.82) is 0 Å². The Bertz CT molecular complexity index is 581. The number of carbonyl (C=O) groups is 1. The van der Waals surface area contributed by atoms with Gasteiger partial charge in [-0.25, -0.2) is 0 Å². The highest BCUT2D eigenvalue weighted by molar-refractivity contribution is 5.47. The van der Waals surface area contributed by atoms with Crippen LogP contribution >= 0.6 is 0 Å². The first-order valence-electron chi connectivity index (χ1n) is 9.84. The summed E-state index contributed by atoms with van der Waals surface area (Å²) < 4.78 is 0. The molecule has 0 spiro atoms. The first-order chi connectivity index (χ1) is 12.1. The summed E-state index contributed by atoms with van der Waals surface area (Å²) in [7, 11) is 0. The second kappa shape index (κ2) is 8.22. The van der Waals surface area contributed by atoms with Gasteiger partial charge in [-0.15, -0.1) is 0 Å². The van der Waals surface area contributed by atoms with E-state index in [-0.39, 0.29) is 6.17 Å². The first kappa shape index (κ1) is 18.2. The second-order valence-corrected chi connectivity index (χ2v) is 8.18. The number of nitrogens with one attached hydrogen (secondary N) is 1. The summed E-state index contributed by atoms with van der Waals surface area (Å²) in [6.07, 6.45) is 9.71. The van der Waals surface area contributed by atoms with Gasteiger partial charge in [-0.2, -0.15) is 0 Å². The largest absolute Gasteiger partial charge is 0.508 e. The normalized spacial score (nSPS) is 23.2. The Hall–Kier alpha value is -1.55. The van der Waals surface area contributed by atoms with Gasteiger partial charge in [0.1, 0.15) is 5.75 Å². The Morgan fingerprint density at radius 2 is 2.00 bits per heavy atom. The number of phenolic OH excluding ortho intramolecular Hbond substituents is 1. The monoisotopic (exact) mass is 344 g/mol.